The molecule has 0 spiro atoms. The van der Waals surface area contributed by atoms with E-state index in [2.05, 4.69) is 5.32 Å². The maximum atomic E-state index is 12.5. The molecule has 6 nitrogen and oxygen atoms in total. The second kappa shape index (κ2) is 8.57. The molecular formula is C23H24N2O4. The molecule has 6 heteroatoms. The van der Waals surface area contributed by atoms with Crippen LogP contribution in [0.15, 0.2) is 48.5 Å². The van der Waals surface area contributed by atoms with E-state index < -0.39 is 0 Å². The quantitative estimate of drug-likeness (QED) is 0.526. The Morgan fingerprint density at radius 2 is 1.76 bits per heavy atom. The van der Waals surface area contributed by atoms with Crippen LogP contribution in [0.5, 0.6) is 0 Å². The summed E-state index contributed by atoms with van der Waals surface area (Å²) in [5, 5.41) is 2.89. The molecule has 0 radical (unpaired) electrons. The lowest BCUT2D eigenvalue weighted by Crippen LogP contribution is -2.29. The van der Waals surface area contributed by atoms with E-state index >= 15 is 0 Å². The summed E-state index contributed by atoms with van der Waals surface area (Å²) in [5.41, 5.74) is 2.10. The van der Waals surface area contributed by atoms with Crippen molar-refractivity contribution in [3.05, 3.63) is 70.8 Å². The zero-order valence-electron chi connectivity index (χ0n) is 16.2. The summed E-state index contributed by atoms with van der Waals surface area (Å²) in [7, 11) is 0. The van der Waals surface area contributed by atoms with Crippen LogP contribution in [0.25, 0.3) is 0 Å². The third-order valence-corrected chi connectivity index (χ3v) is 5.21. The lowest BCUT2D eigenvalue weighted by atomic mass is 10.1. The second-order valence-electron chi connectivity index (χ2n) is 7.57. The first-order valence-electron chi connectivity index (χ1n) is 10.0. The van der Waals surface area contributed by atoms with Gasteiger partial charge in [-0.25, -0.2) is 0 Å². The number of hydrogen-bond acceptors (Lipinski definition) is 4. The number of nitrogens with one attached hydrogen (secondary N) is 1. The van der Waals surface area contributed by atoms with Crippen molar-refractivity contribution in [2.75, 3.05) is 19.8 Å². The van der Waals surface area contributed by atoms with E-state index in [0.717, 1.165) is 24.5 Å². The van der Waals surface area contributed by atoms with E-state index in [0.29, 0.717) is 29.8 Å². The third-order valence-electron chi connectivity index (χ3n) is 5.21. The number of imide groups is 1. The zero-order valence-corrected chi connectivity index (χ0v) is 16.2. The molecule has 0 atom stereocenters. The number of ether oxygens (including phenoxy) is 1. The van der Waals surface area contributed by atoms with Gasteiger partial charge in [0.25, 0.3) is 17.7 Å². The molecule has 4 rings (SSSR count). The average Bonchev–Trinajstić information content (AvgIpc) is 3.54. The first-order valence-corrected chi connectivity index (χ1v) is 10.0. The molecule has 29 heavy (non-hydrogen) atoms. The fourth-order valence-electron chi connectivity index (χ4n) is 3.39. The molecule has 0 unspecified atom stereocenters. The van der Waals surface area contributed by atoms with Crippen LogP contribution in [0.2, 0.25) is 0 Å². The number of amides is 3. The number of carbonyl (C=O) groups is 3. The predicted molar refractivity (Wildman–Crippen MR) is 108 cm³/mol. The molecule has 150 valence electrons. The summed E-state index contributed by atoms with van der Waals surface area (Å²) in [5.74, 6) is -0.0239. The Morgan fingerprint density at radius 3 is 2.45 bits per heavy atom. The Labute approximate surface area is 169 Å². The molecule has 3 amide bonds. The number of rotatable bonds is 9. The molecule has 1 aliphatic carbocycles. The Hall–Kier alpha value is -2.99. The van der Waals surface area contributed by atoms with Crippen molar-refractivity contribution in [1.82, 2.24) is 10.2 Å². The van der Waals surface area contributed by atoms with E-state index in [-0.39, 0.29) is 24.3 Å². The van der Waals surface area contributed by atoms with Gasteiger partial charge in [0.2, 0.25) is 0 Å². The van der Waals surface area contributed by atoms with Gasteiger partial charge in [0.1, 0.15) is 0 Å². The van der Waals surface area contributed by atoms with Crippen molar-refractivity contribution in [2.45, 2.75) is 25.8 Å². The molecule has 2 aliphatic rings. The van der Waals surface area contributed by atoms with Gasteiger partial charge in [0, 0.05) is 25.3 Å². The van der Waals surface area contributed by atoms with Crippen LogP contribution in [-0.4, -0.2) is 42.4 Å². The first kappa shape index (κ1) is 19.3. The van der Waals surface area contributed by atoms with Crippen LogP contribution >= 0.6 is 0 Å². The summed E-state index contributed by atoms with van der Waals surface area (Å²) in [6.07, 6.45) is 3.31. The van der Waals surface area contributed by atoms with E-state index in [1.54, 1.807) is 42.5 Å². The highest BCUT2D eigenvalue weighted by molar-refractivity contribution is 6.21. The fraction of sp³-hybridized carbons (Fsp3) is 0.348. The van der Waals surface area contributed by atoms with Gasteiger partial charge in [-0.1, -0.05) is 24.3 Å². The zero-order chi connectivity index (χ0) is 20.2. The lowest BCUT2D eigenvalue weighted by molar-refractivity contribution is 0.0642. The topological polar surface area (TPSA) is 75.7 Å². The molecule has 2 aromatic carbocycles. The highest BCUT2D eigenvalue weighted by Crippen LogP contribution is 2.28. The smallest absolute Gasteiger partial charge is 0.261 e. The van der Waals surface area contributed by atoms with Gasteiger partial charge in [-0.2, -0.15) is 0 Å². The summed E-state index contributed by atoms with van der Waals surface area (Å²) in [6, 6.07) is 13.8. The van der Waals surface area contributed by atoms with E-state index in [1.807, 2.05) is 6.07 Å². The molecule has 1 aliphatic heterocycles. The molecule has 0 bridgehead atoms. The summed E-state index contributed by atoms with van der Waals surface area (Å²) in [4.78, 5) is 38.6. The molecule has 1 saturated carbocycles. The standard InChI is InChI=1S/C23H24N2O4/c26-21(24-11-4-12-29-15-16-9-10-16)18-6-3-5-17(13-18)14-25-22(27)19-7-1-2-8-20(19)23(25)28/h1-3,5-8,13,16H,4,9-12,14-15H2,(H,24,26). The highest BCUT2D eigenvalue weighted by Gasteiger charge is 2.34. The maximum Gasteiger partial charge on any atom is 0.261 e. The van der Waals surface area contributed by atoms with Gasteiger partial charge in [0.05, 0.1) is 17.7 Å². The minimum absolute atomic E-state index is 0.141. The maximum absolute atomic E-state index is 12.5. The molecule has 1 N–H and O–H groups in total. The van der Waals surface area contributed by atoms with E-state index in [9.17, 15) is 14.4 Å². The van der Waals surface area contributed by atoms with Crippen molar-refractivity contribution in [3.8, 4) is 0 Å². The predicted octanol–water partition coefficient (Wildman–Crippen LogP) is 3.03. The van der Waals surface area contributed by atoms with Crippen molar-refractivity contribution in [2.24, 2.45) is 5.92 Å². The summed E-state index contributed by atoms with van der Waals surface area (Å²) in [6.45, 7) is 2.17. The molecule has 1 heterocycles. The largest absolute Gasteiger partial charge is 0.381 e. The van der Waals surface area contributed by atoms with E-state index in [4.69, 9.17) is 4.74 Å². The Kier molecular flexibility index (Phi) is 5.71. The number of nitrogens with zero attached hydrogens (tertiary/aromatic N) is 1. The Balaban J connectivity index is 1.31. The van der Waals surface area contributed by atoms with Crippen molar-refractivity contribution in [3.63, 3.8) is 0 Å². The van der Waals surface area contributed by atoms with Crippen LogP contribution < -0.4 is 5.32 Å². The van der Waals surface area contributed by atoms with Gasteiger partial charge in [-0.3, -0.25) is 19.3 Å². The Morgan fingerprint density at radius 1 is 1.03 bits per heavy atom. The molecular weight excluding hydrogens is 368 g/mol. The lowest BCUT2D eigenvalue weighted by Gasteiger charge is -2.14. The van der Waals surface area contributed by atoms with Gasteiger partial charge >= 0.3 is 0 Å². The van der Waals surface area contributed by atoms with E-state index in [1.165, 1.54) is 17.7 Å². The monoisotopic (exact) mass is 392 g/mol. The summed E-state index contributed by atoms with van der Waals surface area (Å²) >= 11 is 0. The van der Waals surface area contributed by atoms with Crippen LogP contribution in [-0.2, 0) is 11.3 Å². The van der Waals surface area contributed by atoms with Crippen molar-refractivity contribution in [1.29, 1.82) is 0 Å². The molecule has 0 aromatic heterocycles. The molecule has 1 fully saturated rings. The third kappa shape index (κ3) is 4.54. The van der Waals surface area contributed by atoms with Crippen molar-refractivity contribution < 1.29 is 19.1 Å². The van der Waals surface area contributed by atoms with Crippen LogP contribution in [0.3, 0.4) is 0 Å². The van der Waals surface area contributed by atoms with Crippen molar-refractivity contribution >= 4 is 17.7 Å². The second-order valence-corrected chi connectivity index (χ2v) is 7.57. The molecule has 0 saturated heterocycles. The Bertz CT molecular complexity index is 901. The number of benzene rings is 2. The molecule has 2 aromatic rings. The highest BCUT2D eigenvalue weighted by atomic mass is 16.5. The summed E-state index contributed by atoms with van der Waals surface area (Å²) < 4.78 is 5.56. The fourth-order valence-corrected chi connectivity index (χ4v) is 3.39. The minimum Gasteiger partial charge on any atom is -0.381 e. The van der Waals surface area contributed by atoms with Gasteiger partial charge in [-0.05, 0) is 55.0 Å². The SMILES string of the molecule is O=C(NCCCOCC1CC1)c1cccc(CN2C(=O)c3ccccc3C2=O)c1. The van der Waals surface area contributed by atoms with Gasteiger partial charge in [-0.15, -0.1) is 0 Å². The normalized spacial score (nSPS) is 15.5. The minimum atomic E-state index is -0.299. The van der Waals surface area contributed by atoms with Crippen LogP contribution in [0.1, 0.15) is 55.9 Å². The first-order chi connectivity index (χ1) is 14.1. The number of fused-ring (bicyclic) bond motifs is 1. The number of carbonyl (C=O) groups excluding carboxylic acids is 3. The van der Waals surface area contributed by atoms with Gasteiger partial charge < -0.3 is 10.1 Å². The van der Waals surface area contributed by atoms with Gasteiger partial charge in [0.15, 0.2) is 0 Å². The van der Waals surface area contributed by atoms with Crippen LogP contribution in [0.4, 0.5) is 0 Å². The van der Waals surface area contributed by atoms with Crippen LogP contribution in [0, 0.1) is 5.92 Å². The average molecular weight is 392 g/mol. The number of hydrogen-bond donors (Lipinski definition) is 1.